The molecule has 1 saturated carbocycles. The Labute approximate surface area is 189 Å². The van der Waals surface area contributed by atoms with Gasteiger partial charge in [0.2, 0.25) is 5.91 Å². The van der Waals surface area contributed by atoms with Gasteiger partial charge < -0.3 is 25.1 Å². The number of aromatic nitrogens is 3. The van der Waals surface area contributed by atoms with Crippen molar-refractivity contribution in [1.29, 1.82) is 0 Å². The number of halogens is 3. The van der Waals surface area contributed by atoms with Gasteiger partial charge in [0.15, 0.2) is 5.82 Å². The Bertz CT molecular complexity index is 1420. The summed E-state index contributed by atoms with van der Waals surface area (Å²) in [6.45, 7) is -3.85. The summed E-state index contributed by atoms with van der Waals surface area (Å²) in [5.41, 5.74) is -1.42. The second-order valence-corrected chi connectivity index (χ2v) is 7.66. The lowest BCUT2D eigenvalue weighted by Crippen LogP contribution is -2.24. The van der Waals surface area contributed by atoms with Gasteiger partial charge in [-0.05, 0) is 12.8 Å². The number of nitrogens with zero attached hydrogens (tertiary/aromatic N) is 3. The van der Waals surface area contributed by atoms with Crippen molar-refractivity contribution in [2.45, 2.75) is 25.8 Å². The van der Waals surface area contributed by atoms with Gasteiger partial charge in [0.1, 0.15) is 5.82 Å². The van der Waals surface area contributed by atoms with E-state index in [0.29, 0.717) is 10.8 Å². The molecule has 0 bridgehead atoms. The molecule has 3 heterocycles. The number of pyridine rings is 2. The third-order valence-corrected chi connectivity index (χ3v) is 5.22. The van der Waals surface area contributed by atoms with Gasteiger partial charge in [-0.1, -0.05) is 0 Å². The Balaban J connectivity index is 1.81. The van der Waals surface area contributed by atoms with Crippen LogP contribution in [0.15, 0.2) is 29.5 Å². The molecule has 0 saturated heterocycles. The van der Waals surface area contributed by atoms with Crippen LogP contribution in [0, 0.1) is 11.7 Å². The molecule has 0 aliphatic heterocycles. The first kappa shape index (κ1) is 18.7. The number of aryl methyl sites for hydroxylation is 1. The Morgan fingerprint density at radius 2 is 2.06 bits per heavy atom. The summed E-state index contributed by atoms with van der Waals surface area (Å²) in [5, 5.41) is 6.94. The number of hydrogen-bond donors (Lipinski definition) is 3. The van der Waals surface area contributed by atoms with Crippen molar-refractivity contribution in [2.24, 2.45) is 13.0 Å². The number of nitrogens with one attached hydrogen (secondary N) is 3. The van der Waals surface area contributed by atoms with Gasteiger partial charge in [-0.2, -0.15) is 0 Å². The van der Waals surface area contributed by atoms with Gasteiger partial charge in [-0.25, -0.2) is 18.2 Å². The SMILES string of the molecule is [2H]C([2H])([2H])NC(=O)c1cnc(NC(=O)C2CC2)cc1Nc1cn(C)c2c(F)cn(CC(F)F)c(=O)c12. The number of carbonyl (C=O) groups excluding carboxylic acids is 2. The first-order valence-electron chi connectivity index (χ1n) is 11.4. The summed E-state index contributed by atoms with van der Waals surface area (Å²) in [5.74, 6) is -2.35. The van der Waals surface area contributed by atoms with E-state index in [2.05, 4.69) is 15.6 Å². The van der Waals surface area contributed by atoms with Gasteiger partial charge >= 0.3 is 0 Å². The summed E-state index contributed by atoms with van der Waals surface area (Å²) in [6.07, 6.45) is 1.58. The lowest BCUT2D eigenvalue weighted by atomic mass is 10.2. The maximum absolute atomic E-state index is 14.7. The molecule has 1 fully saturated rings. The normalized spacial score (nSPS) is 15.1. The molecule has 12 heteroatoms. The molecule has 1 aliphatic carbocycles. The Kier molecular flexibility index (Phi) is 4.88. The Morgan fingerprint density at radius 1 is 1.30 bits per heavy atom. The van der Waals surface area contributed by atoms with Crippen molar-refractivity contribution in [1.82, 2.24) is 19.4 Å². The van der Waals surface area contributed by atoms with E-state index in [4.69, 9.17) is 4.11 Å². The van der Waals surface area contributed by atoms with Crippen molar-refractivity contribution in [3.05, 3.63) is 46.4 Å². The first-order chi connectivity index (χ1) is 16.8. The largest absolute Gasteiger partial charge is 0.355 e. The van der Waals surface area contributed by atoms with Crippen LogP contribution in [0.1, 0.15) is 27.3 Å². The topological polar surface area (TPSA) is 110 Å². The van der Waals surface area contributed by atoms with Crippen LogP contribution in [0.2, 0.25) is 0 Å². The van der Waals surface area contributed by atoms with Crippen molar-refractivity contribution >= 4 is 39.9 Å². The molecule has 33 heavy (non-hydrogen) atoms. The first-order valence-corrected chi connectivity index (χ1v) is 9.90. The van der Waals surface area contributed by atoms with E-state index in [1.54, 1.807) is 0 Å². The van der Waals surface area contributed by atoms with Gasteiger partial charge in [-0.3, -0.25) is 14.4 Å². The van der Waals surface area contributed by atoms with E-state index >= 15 is 0 Å². The zero-order valence-corrected chi connectivity index (χ0v) is 17.3. The fraction of sp³-hybridized carbons (Fsp3) is 0.333. The highest BCUT2D eigenvalue weighted by atomic mass is 19.3. The third kappa shape index (κ3) is 4.41. The maximum atomic E-state index is 14.7. The molecule has 0 unspecified atom stereocenters. The molecule has 3 aromatic heterocycles. The van der Waals surface area contributed by atoms with Crippen LogP contribution < -0.4 is 21.5 Å². The fourth-order valence-corrected chi connectivity index (χ4v) is 3.50. The molecule has 2 amide bonds. The highest BCUT2D eigenvalue weighted by Crippen LogP contribution is 2.32. The molecule has 1 aliphatic rings. The van der Waals surface area contributed by atoms with Crippen LogP contribution in [0.5, 0.6) is 0 Å². The second kappa shape index (κ2) is 8.60. The summed E-state index contributed by atoms with van der Waals surface area (Å²) in [7, 11) is 1.43. The number of amides is 2. The van der Waals surface area contributed by atoms with Crippen LogP contribution in [-0.2, 0) is 18.4 Å². The van der Waals surface area contributed by atoms with Crippen LogP contribution >= 0.6 is 0 Å². The van der Waals surface area contributed by atoms with Crippen molar-refractivity contribution in [2.75, 3.05) is 17.6 Å². The lowest BCUT2D eigenvalue weighted by Gasteiger charge is -2.13. The van der Waals surface area contributed by atoms with Crippen LogP contribution in [0.3, 0.4) is 0 Å². The molecule has 0 spiro atoms. The van der Waals surface area contributed by atoms with Crippen molar-refractivity contribution in [3.63, 3.8) is 0 Å². The van der Waals surface area contributed by atoms with E-state index in [1.807, 2.05) is 5.32 Å². The number of carbonyl (C=O) groups is 2. The van der Waals surface area contributed by atoms with E-state index < -0.39 is 37.2 Å². The monoisotopic (exact) mass is 465 g/mol. The predicted octanol–water partition coefficient (Wildman–Crippen LogP) is 2.59. The molecule has 4 rings (SSSR count). The second-order valence-electron chi connectivity index (χ2n) is 7.66. The number of rotatable bonds is 7. The van der Waals surface area contributed by atoms with Crippen molar-refractivity contribution < 1.29 is 26.9 Å². The van der Waals surface area contributed by atoms with Gasteiger partial charge in [0.05, 0.1) is 34.4 Å². The van der Waals surface area contributed by atoms with Gasteiger partial charge in [-0.15, -0.1) is 0 Å². The van der Waals surface area contributed by atoms with Crippen LogP contribution in [-0.4, -0.2) is 39.3 Å². The zero-order valence-electron chi connectivity index (χ0n) is 20.3. The molecule has 9 nitrogen and oxygen atoms in total. The zero-order chi connectivity index (χ0) is 26.4. The van der Waals surface area contributed by atoms with Crippen molar-refractivity contribution in [3.8, 4) is 0 Å². The number of anilines is 3. The predicted molar refractivity (Wildman–Crippen MR) is 115 cm³/mol. The van der Waals surface area contributed by atoms with E-state index in [0.717, 1.165) is 19.0 Å². The summed E-state index contributed by atoms with van der Waals surface area (Å²) >= 11 is 0. The minimum Gasteiger partial charge on any atom is -0.355 e. The van der Waals surface area contributed by atoms with Gasteiger partial charge in [0, 0.05) is 48.7 Å². The quantitative estimate of drug-likeness (QED) is 0.497. The molecule has 174 valence electrons. The fourth-order valence-electron chi connectivity index (χ4n) is 3.50. The maximum Gasteiger partial charge on any atom is 0.262 e. The van der Waals surface area contributed by atoms with E-state index in [1.165, 1.54) is 23.9 Å². The van der Waals surface area contributed by atoms with E-state index in [-0.39, 0.29) is 45.5 Å². The van der Waals surface area contributed by atoms with E-state index in [9.17, 15) is 27.6 Å². The highest BCUT2D eigenvalue weighted by molar-refractivity contribution is 6.03. The molecular formula is C21H21F3N6O3. The standard InChI is InChI=1S/C21H21F3N6O3/c1-25-20(32)11-6-26-16(28-19(31)10-3-4-10)5-13(11)27-14-8-29(2)18-12(22)7-30(9-15(23)24)21(33)17(14)18/h5-8,10,15H,3-4,9H2,1-2H3,(H,25,32)(H2,26,27,28,31)/i1D3. The van der Waals surface area contributed by atoms with Crippen LogP contribution in [0.25, 0.3) is 10.9 Å². The average molecular weight is 465 g/mol. The number of hydrogen-bond acceptors (Lipinski definition) is 5. The molecule has 0 atom stereocenters. The number of alkyl halides is 2. The molecule has 0 aromatic carbocycles. The third-order valence-electron chi connectivity index (χ3n) is 5.22. The van der Waals surface area contributed by atoms with Crippen LogP contribution in [0.4, 0.5) is 30.4 Å². The molecule has 3 aromatic rings. The van der Waals surface area contributed by atoms with Gasteiger partial charge in [0.25, 0.3) is 17.9 Å². The average Bonchev–Trinajstić information content (AvgIpc) is 3.54. The minimum absolute atomic E-state index is 0.0337. The summed E-state index contributed by atoms with van der Waals surface area (Å²) in [4.78, 5) is 41.7. The lowest BCUT2D eigenvalue weighted by molar-refractivity contribution is -0.117. The molecule has 3 N–H and O–H groups in total. The molecule has 0 radical (unpaired) electrons. The Hall–Kier alpha value is -3.83. The summed E-state index contributed by atoms with van der Waals surface area (Å²) < 4.78 is 64.3. The minimum atomic E-state index is -2.91. The smallest absolute Gasteiger partial charge is 0.262 e. The highest BCUT2D eigenvalue weighted by Gasteiger charge is 2.30. The Morgan fingerprint density at radius 3 is 2.73 bits per heavy atom. The summed E-state index contributed by atoms with van der Waals surface area (Å²) in [6, 6.07) is 1.25. The molecular weight excluding hydrogens is 441 g/mol. The number of fused-ring (bicyclic) bond motifs is 1.